The highest BCUT2D eigenvalue weighted by Crippen LogP contribution is 2.24. The number of para-hydroxylation sites is 1. The maximum atomic E-state index is 13.6. The fraction of sp³-hybridized carbons (Fsp3) is 0.538. The molecule has 3 nitrogen and oxygen atoms in total. The van der Waals surface area contributed by atoms with Crippen molar-refractivity contribution >= 4 is 21.4 Å². The van der Waals surface area contributed by atoms with Gasteiger partial charge in [-0.25, -0.2) is 12.8 Å². The van der Waals surface area contributed by atoms with Crippen molar-refractivity contribution in [1.29, 1.82) is 0 Å². The fourth-order valence-corrected chi connectivity index (χ4v) is 2.51. The van der Waals surface area contributed by atoms with Gasteiger partial charge in [-0.2, -0.15) is 0 Å². The highest BCUT2D eigenvalue weighted by atomic mass is 35.5. The molecule has 0 N–H and O–H groups in total. The molecular weight excluding hydrogens is 291 g/mol. The van der Waals surface area contributed by atoms with Crippen LogP contribution in [0.25, 0.3) is 0 Å². The Bertz CT molecular complexity index is 535. The van der Waals surface area contributed by atoms with Gasteiger partial charge in [-0.3, -0.25) is 0 Å². The lowest BCUT2D eigenvalue weighted by molar-refractivity contribution is 0.318. The maximum Gasteiger partial charge on any atom is 0.165 e. The van der Waals surface area contributed by atoms with Gasteiger partial charge in [0.1, 0.15) is 6.61 Å². The molecule has 0 radical (unpaired) electrons. The second-order valence-corrected chi connectivity index (χ2v) is 8.27. The quantitative estimate of drug-likeness (QED) is 0.785. The van der Waals surface area contributed by atoms with E-state index in [1.165, 1.54) is 12.1 Å². The molecule has 0 fully saturated rings. The Morgan fingerprint density at radius 2 is 1.95 bits per heavy atom. The zero-order valence-corrected chi connectivity index (χ0v) is 12.8. The minimum absolute atomic E-state index is 0.0293. The monoisotopic (exact) mass is 308 g/mol. The largest absolute Gasteiger partial charge is 0.489 e. The molecule has 19 heavy (non-hydrogen) atoms. The number of hydrogen-bond donors (Lipinski definition) is 0. The highest BCUT2D eigenvalue weighted by molar-refractivity contribution is 7.92. The molecule has 0 saturated heterocycles. The van der Waals surface area contributed by atoms with Crippen molar-refractivity contribution in [3.8, 4) is 5.75 Å². The van der Waals surface area contributed by atoms with Crippen LogP contribution < -0.4 is 4.74 Å². The van der Waals surface area contributed by atoms with Gasteiger partial charge >= 0.3 is 0 Å². The molecule has 0 saturated carbocycles. The number of benzene rings is 1. The number of hydrogen-bond acceptors (Lipinski definition) is 3. The van der Waals surface area contributed by atoms with Crippen molar-refractivity contribution < 1.29 is 17.5 Å². The van der Waals surface area contributed by atoms with Crippen LogP contribution >= 0.6 is 11.6 Å². The number of ether oxygens (including phenoxy) is 1. The van der Waals surface area contributed by atoms with Crippen LogP contribution in [0.5, 0.6) is 5.75 Å². The second kappa shape index (κ2) is 6.09. The van der Waals surface area contributed by atoms with Gasteiger partial charge in [0.05, 0.1) is 16.4 Å². The zero-order valence-electron chi connectivity index (χ0n) is 11.2. The SMILES string of the molecule is CC(C)(C)S(=O)(=O)CCOc1c(F)cccc1CCl. The van der Waals surface area contributed by atoms with Gasteiger partial charge in [-0.1, -0.05) is 12.1 Å². The first-order valence-electron chi connectivity index (χ1n) is 5.87. The van der Waals surface area contributed by atoms with Crippen molar-refractivity contribution in [1.82, 2.24) is 0 Å². The summed E-state index contributed by atoms with van der Waals surface area (Å²) in [6.45, 7) is 4.77. The van der Waals surface area contributed by atoms with Crippen LogP contribution in [0.1, 0.15) is 26.3 Å². The molecule has 0 bridgehead atoms. The lowest BCUT2D eigenvalue weighted by atomic mass is 10.2. The number of rotatable bonds is 5. The first kappa shape index (κ1) is 16.2. The van der Waals surface area contributed by atoms with E-state index in [1.807, 2.05) is 0 Å². The summed E-state index contributed by atoms with van der Waals surface area (Å²) in [6.07, 6.45) is 0. The van der Waals surface area contributed by atoms with E-state index in [4.69, 9.17) is 16.3 Å². The topological polar surface area (TPSA) is 43.4 Å². The molecule has 0 aliphatic rings. The molecule has 0 spiro atoms. The minimum Gasteiger partial charge on any atom is -0.489 e. The van der Waals surface area contributed by atoms with Crippen LogP contribution in [-0.4, -0.2) is 25.5 Å². The van der Waals surface area contributed by atoms with Gasteiger partial charge in [-0.05, 0) is 26.8 Å². The average molecular weight is 309 g/mol. The third kappa shape index (κ3) is 4.08. The molecule has 6 heteroatoms. The zero-order chi connectivity index (χ0) is 14.7. The van der Waals surface area contributed by atoms with E-state index in [-0.39, 0.29) is 24.0 Å². The van der Waals surface area contributed by atoms with Crippen molar-refractivity contribution in [2.75, 3.05) is 12.4 Å². The van der Waals surface area contributed by atoms with Crippen LogP contribution in [0, 0.1) is 5.82 Å². The highest BCUT2D eigenvalue weighted by Gasteiger charge is 2.28. The van der Waals surface area contributed by atoms with E-state index in [0.29, 0.717) is 5.56 Å². The van der Waals surface area contributed by atoms with E-state index in [1.54, 1.807) is 26.8 Å². The number of alkyl halides is 1. The first-order valence-corrected chi connectivity index (χ1v) is 8.06. The summed E-state index contributed by atoms with van der Waals surface area (Å²) in [7, 11) is -3.28. The summed E-state index contributed by atoms with van der Waals surface area (Å²) in [5, 5.41) is 0. The molecular formula is C13H18ClFO3S. The predicted molar refractivity (Wildman–Crippen MR) is 75.0 cm³/mol. The summed E-state index contributed by atoms with van der Waals surface area (Å²) in [5.74, 6) is -0.556. The number of halogens is 2. The molecule has 0 atom stereocenters. The van der Waals surface area contributed by atoms with Gasteiger partial charge in [0.15, 0.2) is 21.4 Å². The standard InChI is InChI=1S/C13H18ClFO3S/c1-13(2,3)19(16,17)8-7-18-12-10(9-14)5-4-6-11(12)15/h4-6H,7-9H2,1-3H3. The molecule has 0 amide bonds. The van der Waals surface area contributed by atoms with Crippen molar-refractivity contribution in [3.05, 3.63) is 29.6 Å². The Labute approximate surface area is 118 Å². The number of sulfone groups is 1. The van der Waals surface area contributed by atoms with Gasteiger partial charge in [0.25, 0.3) is 0 Å². The van der Waals surface area contributed by atoms with Crippen LogP contribution in [0.3, 0.4) is 0 Å². The summed E-state index contributed by atoms with van der Waals surface area (Å²) in [5.41, 5.74) is 0.509. The second-order valence-electron chi connectivity index (χ2n) is 5.14. The molecule has 0 aliphatic heterocycles. The van der Waals surface area contributed by atoms with Crippen molar-refractivity contribution in [2.24, 2.45) is 0 Å². The molecule has 108 valence electrons. The predicted octanol–water partition coefficient (Wildman–Crippen LogP) is 3.16. The Morgan fingerprint density at radius 3 is 2.47 bits per heavy atom. The summed E-state index contributed by atoms with van der Waals surface area (Å²) in [6, 6.07) is 4.43. The molecule has 0 aromatic heterocycles. The van der Waals surface area contributed by atoms with Crippen molar-refractivity contribution in [2.45, 2.75) is 31.4 Å². The lowest BCUT2D eigenvalue weighted by Crippen LogP contribution is -2.32. The Balaban J connectivity index is 2.75. The molecule has 0 unspecified atom stereocenters. The van der Waals surface area contributed by atoms with E-state index in [0.717, 1.165) is 0 Å². The molecule has 0 heterocycles. The van der Waals surface area contributed by atoms with Crippen LogP contribution in [0.4, 0.5) is 4.39 Å². The molecule has 1 aromatic rings. The molecule has 1 rings (SSSR count). The Morgan fingerprint density at radius 1 is 1.32 bits per heavy atom. The van der Waals surface area contributed by atoms with E-state index >= 15 is 0 Å². The summed E-state index contributed by atoms with van der Waals surface area (Å²) >= 11 is 5.68. The fourth-order valence-electron chi connectivity index (χ4n) is 1.38. The Hall–Kier alpha value is -0.810. The summed E-state index contributed by atoms with van der Waals surface area (Å²) < 4.78 is 41.7. The van der Waals surface area contributed by atoms with Crippen molar-refractivity contribution in [3.63, 3.8) is 0 Å². The van der Waals surface area contributed by atoms with Gasteiger partial charge < -0.3 is 4.74 Å². The maximum absolute atomic E-state index is 13.6. The normalized spacial score (nSPS) is 12.5. The van der Waals surface area contributed by atoms with Gasteiger partial charge in [0.2, 0.25) is 0 Å². The van der Waals surface area contributed by atoms with Gasteiger partial charge in [-0.15, -0.1) is 11.6 Å². The summed E-state index contributed by atoms with van der Waals surface area (Å²) in [4.78, 5) is 0. The minimum atomic E-state index is -3.28. The van der Waals surface area contributed by atoms with Crippen LogP contribution in [0.15, 0.2) is 18.2 Å². The van der Waals surface area contributed by atoms with Gasteiger partial charge in [0, 0.05) is 5.56 Å². The van der Waals surface area contributed by atoms with E-state index in [2.05, 4.69) is 0 Å². The van der Waals surface area contributed by atoms with Crippen LogP contribution in [-0.2, 0) is 15.7 Å². The smallest absolute Gasteiger partial charge is 0.165 e. The Kier molecular flexibility index (Phi) is 5.21. The first-order chi connectivity index (χ1) is 8.69. The van der Waals surface area contributed by atoms with Crippen LogP contribution in [0.2, 0.25) is 0 Å². The molecule has 0 aliphatic carbocycles. The average Bonchev–Trinajstić information content (AvgIpc) is 2.29. The van der Waals surface area contributed by atoms with E-state index < -0.39 is 20.4 Å². The third-order valence-electron chi connectivity index (χ3n) is 2.72. The molecule has 1 aromatic carbocycles. The lowest BCUT2D eigenvalue weighted by Gasteiger charge is -2.19. The van der Waals surface area contributed by atoms with E-state index in [9.17, 15) is 12.8 Å². The third-order valence-corrected chi connectivity index (χ3v) is 5.58.